The fourth-order valence-corrected chi connectivity index (χ4v) is 3.30. The topological polar surface area (TPSA) is 83.8 Å². The molecule has 0 spiro atoms. The average molecular weight is 393 g/mol. The van der Waals surface area contributed by atoms with E-state index in [-0.39, 0.29) is 42.7 Å². The van der Waals surface area contributed by atoms with Gasteiger partial charge >= 0.3 is 0 Å². The summed E-state index contributed by atoms with van der Waals surface area (Å²) in [5.41, 5.74) is 9.64. The molecule has 0 radical (unpaired) electrons. The van der Waals surface area contributed by atoms with Crippen LogP contribution in [0, 0.1) is 5.92 Å². The number of nitrogens with zero attached hydrogens (tertiary/aromatic N) is 1. The summed E-state index contributed by atoms with van der Waals surface area (Å²) in [4.78, 5) is 20.1. The number of hydrogen-bond acceptors (Lipinski definition) is 3. The van der Waals surface area contributed by atoms with Crippen molar-refractivity contribution in [2.45, 2.75) is 25.3 Å². The van der Waals surface area contributed by atoms with E-state index in [4.69, 9.17) is 5.73 Å². The highest BCUT2D eigenvalue weighted by Crippen LogP contribution is 2.26. The maximum Gasteiger partial charge on any atom is 0.227 e. The van der Waals surface area contributed by atoms with Crippen molar-refractivity contribution in [3.05, 3.63) is 48.5 Å². The van der Waals surface area contributed by atoms with Gasteiger partial charge in [-0.3, -0.25) is 4.79 Å². The first-order chi connectivity index (χ1) is 11.7. The Labute approximate surface area is 164 Å². The summed E-state index contributed by atoms with van der Waals surface area (Å²) < 4.78 is 0. The lowest BCUT2D eigenvalue weighted by Gasteiger charge is -2.11. The van der Waals surface area contributed by atoms with Crippen molar-refractivity contribution in [2.24, 2.45) is 11.7 Å². The van der Waals surface area contributed by atoms with Crippen LogP contribution in [0.5, 0.6) is 0 Å². The standard InChI is InChI=1S/C19H20N4O.2ClH/c20-14-8-5-13(11-14)19(24)21-15-9-6-12(7-10-15)18-22-16-3-1-2-4-17(16)23-18;;/h1-4,6-7,9-10,13-14H,5,8,11,20H2,(H,21,24)(H,22,23);2*1H. The summed E-state index contributed by atoms with van der Waals surface area (Å²) in [7, 11) is 0. The third-order valence-electron chi connectivity index (χ3n) is 4.66. The molecule has 1 fully saturated rings. The highest BCUT2D eigenvalue weighted by molar-refractivity contribution is 5.93. The summed E-state index contributed by atoms with van der Waals surface area (Å²) >= 11 is 0. The molecular weight excluding hydrogens is 371 g/mol. The molecule has 3 aromatic rings. The third kappa shape index (κ3) is 4.18. The van der Waals surface area contributed by atoms with Crippen molar-refractivity contribution in [3.63, 3.8) is 0 Å². The molecule has 26 heavy (non-hydrogen) atoms. The first-order valence-corrected chi connectivity index (χ1v) is 8.31. The SMILES string of the molecule is Cl.Cl.NC1CCC(C(=O)Nc2ccc(-c3nc4ccccc4[nH]3)cc2)C1. The Morgan fingerprint density at radius 1 is 1.08 bits per heavy atom. The van der Waals surface area contributed by atoms with Crippen LogP contribution in [0.15, 0.2) is 48.5 Å². The predicted molar refractivity (Wildman–Crippen MR) is 110 cm³/mol. The summed E-state index contributed by atoms with van der Waals surface area (Å²) in [6.45, 7) is 0. The van der Waals surface area contributed by atoms with Gasteiger partial charge in [0.1, 0.15) is 5.82 Å². The molecule has 2 unspecified atom stereocenters. The van der Waals surface area contributed by atoms with E-state index in [9.17, 15) is 4.79 Å². The van der Waals surface area contributed by atoms with E-state index in [1.807, 2.05) is 48.5 Å². The highest BCUT2D eigenvalue weighted by atomic mass is 35.5. The van der Waals surface area contributed by atoms with Crippen molar-refractivity contribution >= 4 is 47.4 Å². The Morgan fingerprint density at radius 2 is 1.81 bits per heavy atom. The maximum atomic E-state index is 12.2. The zero-order valence-corrected chi connectivity index (χ0v) is 15.8. The Balaban J connectivity index is 0.00000121. The molecule has 1 amide bonds. The number of fused-ring (bicyclic) bond motifs is 1. The second-order valence-corrected chi connectivity index (χ2v) is 6.44. The zero-order chi connectivity index (χ0) is 16.5. The van der Waals surface area contributed by atoms with Crippen LogP contribution >= 0.6 is 24.8 Å². The van der Waals surface area contributed by atoms with Gasteiger partial charge in [0.25, 0.3) is 0 Å². The van der Waals surface area contributed by atoms with Crippen LogP contribution in [0.25, 0.3) is 22.4 Å². The van der Waals surface area contributed by atoms with E-state index < -0.39 is 0 Å². The van der Waals surface area contributed by atoms with Gasteiger partial charge < -0.3 is 16.0 Å². The molecule has 2 atom stereocenters. The van der Waals surface area contributed by atoms with E-state index in [1.54, 1.807) is 0 Å². The van der Waals surface area contributed by atoms with Crippen molar-refractivity contribution in [1.29, 1.82) is 0 Å². The Hall–Kier alpha value is -2.08. The van der Waals surface area contributed by atoms with Crippen molar-refractivity contribution in [3.8, 4) is 11.4 Å². The first-order valence-electron chi connectivity index (χ1n) is 8.31. The minimum atomic E-state index is 0. The van der Waals surface area contributed by atoms with Gasteiger partial charge in [-0.1, -0.05) is 12.1 Å². The Kier molecular flexibility index (Phi) is 6.64. The summed E-state index contributed by atoms with van der Waals surface area (Å²) in [6, 6.07) is 15.9. The van der Waals surface area contributed by atoms with Gasteiger partial charge in [-0.25, -0.2) is 4.98 Å². The number of nitrogens with two attached hydrogens (primary N) is 1. The minimum Gasteiger partial charge on any atom is -0.338 e. The number of carbonyl (C=O) groups is 1. The molecule has 1 aromatic heterocycles. The molecule has 1 heterocycles. The number of imidazole rings is 1. The number of anilines is 1. The lowest BCUT2D eigenvalue weighted by atomic mass is 10.1. The maximum absolute atomic E-state index is 12.2. The average Bonchev–Trinajstić information content (AvgIpc) is 3.21. The fraction of sp³-hybridized carbons (Fsp3) is 0.263. The van der Waals surface area contributed by atoms with E-state index >= 15 is 0 Å². The van der Waals surface area contributed by atoms with Crippen LogP contribution in [-0.4, -0.2) is 21.9 Å². The molecule has 1 aliphatic carbocycles. The number of nitrogens with one attached hydrogen (secondary N) is 2. The second-order valence-electron chi connectivity index (χ2n) is 6.44. The van der Waals surface area contributed by atoms with Crippen LogP contribution in [0.2, 0.25) is 0 Å². The number of aromatic nitrogens is 2. The van der Waals surface area contributed by atoms with Crippen molar-refractivity contribution < 1.29 is 4.79 Å². The number of halogens is 2. The lowest BCUT2D eigenvalue weighted by molar-refractivity contribution is -0.119. The number of benzene rings is 2. The molecule has 0 aliphatic heterocycles. The second kappa shape index (κ2) is 8.54. The quantitative estimate of drug-likeness (QED) is 0.625. The monoisotopic (exact) mass is 392 g/mol. The molecule has 5 nitrogen and oxygen atoms in total. The molecule has 4 rings (SSSR count). The number of rotatable bonds is 3. The minimum absolute atomic E-state index is 0. The molecular formula is C19H22Cl2N4O. The Bertz CT molecular complexity index is 846. The van der Waals surface area contributed by atoms with Gasteiger partial charge in [0.2, 0.25) is 5.91 Å². The summed E-state index contributed by atoms with van der Waals surface area (Å²) in [6.07, 6.45) is 2.59. The zero-order valence-electron chi connectivity index (χ0n) is 14.1. The molecule has 0 bridgehead atoms. The summed E-state index contributed by atoms with van der Waals surface area (Å²) in [5.74, 6) is 0.935. The number of carbonyl (C=O) groups excluding carboxylic acids is 1. The predicted octanol–water partition coefficient (Wildman–Crippen LogP) is 4.14. The normalized spacial score (nSPS) is 18.8. The number of hydrogen-bond donors (Lipinski definition) is 3. The molecule has 0 saturated heterocycles. The van der Waals surface area contributed by atoms with Gasteiger partial charge in [0.15, 0.2) is 0 Å². The van der Waals surface area contributed by atoms with Crippen LogP contribution in [0.3, 0.4) is 0 Å². The van der Waals surface area contributed by atoms with Gasteiger partial charge in [0, 0.05) is 23.2 Å². The third-order valence-corrected chi connectivity index (χ3v) is 4.66. The number of aromatic amines is 1. The highest BCUT2D eigenvalue weighted by Gasteiger charge is 2.27. The van der Waals surface area contributed by atoms with Crippen LogP contribution in [-0.2, 0) is 4.79 Å². The molecule has 4 N–H and O–H groups in total. The summed E-state index contributed by atoms with van der Waals surface area (Å²) in [5, 5.41) is 2.98. The van der Waals surface area contributed by atoms with Crippen LogP contribution < -0.4 is 11.1 Å². The fourth-order valence-electron chi connectivity index (χ4n) is 3.30. The van der Waals surface area contributed by atoms with E-state index in [2.05, 4.69) is 15.3 Å². The van der Waals surface area contributed by atoms with Gasteiger partial charge in [-0.15, -0.1) is 24.8 Å². The molecule has 7 heteroatoms. The van der Waals surface area contributed by atoms with Crippen LogP contribution in [0.1, 0.15) is 19.3 Å². The van der Waals surface area contributed by atoms with E-state index in [0.29, 0.717) is 0 Å². The molecule has 2 aromatic carbocycles. The van der Waals surface area contributed by atoms with E-state index in [0.717, 1.165) is 47.4 Å². The van der Waals surface area contributed by atoms with Crippen LogP contribution in [0.4, 0.5) is 5.69 Å². The largest absolute Gasteiger partial charge is 0.338 e. The Morgan fingerprint density at radius 3 is 2.46 bits per heavy atom. The van der Waals surface area contributed by atoms with Crippen molar-refractivity contribution in [1.82, 2.24) is 9.97 Å². The molecule has 1 saturated carbocycles. The first kappa shape index (κ1) is 20.2. The lowest BCUT2D eigenvalue weighted by Crippen LogP contribution is -2.23. The van der Waals surface area contributed by atoms with Gasteiger partial charge in [-0.2, -0.15) is 0 Å². The smallest absolute Gasteiger partial charge is 0.227 e. The van der Waals surface area contributed by atoms with Crippen molar-refractivity contribution in [2.75, 3.05) is 5.32 Å². The number of amides is 1. The molecule has 138 valence electrons. The number of para-hydroxylation sites is 2. The molecule has 1 aliphatic rings. The van der Waals surface area contributed by atoms with Gasteiger partial charge in [-0.05, 0) is 55.7 Å². The van der Waals surface area contributed by atoms with Gasteiger partial charge in [0.05, 0.1) is 11.0 Å². The van der Waals surface area contributed by atoms with E-state index in [1.165, 1.54) is 0 Å². The number of H-pyrrole nitrogens is 1.